The first kappa shape index (κ1) is 9.50. The molecule has 0 bridgehead atoms. The van der Waals surface area contributed by atoms with Crippen LogP contribution >= 0.6 is 0 Å². The maximum Gasteiger partial charge on any atom is 0.348 e. The van der Waals surface area contributed by atoms with E-state index in [1.54, 1.807) is 0 Å². The quantitative estimate of drug-likeness (QED) is 0.585. The summed E-state index contributed by atoms with van der Waals surface area (Å²) in [6.07, 6.45) is -0.804. The van der Waals surface area contributed by atoms with Crippen molar-refractivity contribution < 1.29 is 29.3 Å². The second-order valence-corrected chi connectivity index (χ2v) is 2.84. The van der Waals surface area contributed by atoms with E-state index in [4.69, 9.17) is 10.2 Å². The van der Waals surface area contributed by atoms with E-state index in [0.29, 0.717) is 0 Å². The third-order valence-corrected chi connectivity index (χ3v) is 1.87. The minimum Gasteiger partial charge on any atom is -0.481 e. The second kappa shape index (κ2) is 3.04. The van der Waals surface area contributed by atoms with Crippen molar-refractivity contribution in [3.05, 3.63) is 0 Å². The lowest BCUT2D eigenvalue weighted by atomic mass is 9.96. The lowest BCUT2D eigenvalue weighted by molar-refractivity contribution is -0.173. The maximum absolute atomic E-state index is 10.7. The number of carbonyl (C=O) groups excluding carboxylic acids is 1. The van der Waals surface area contributed by atoms with Gasteiger partial charge in [-0.15, -0.1) is 0 Å². The first-order chi connectivity index (χ1) is 5.96. The topological polar surface area (TPSA) is 101 Å². The smallest absolute Gasteiger partial charge is 0.348 e. The van der Waals surface area contributed by atoms with Crippen LogP contribution in [0.5, 0.6) is 0 Å². The zero-order valence-corrected chi connectivity index (χ0v) is 6.65. The van der Waals surface area contributed by atoms with E-state index >= 15 is 0 Å². The number of carboxylic acid groups (broad SMARTS) is 2. The molecule has 6 heteroatoms. The molecule has 0 unspecified atom stereocenters. The van der Waals surface area contributed by atoms with Crippen LogP contribution in [0.2, 0.25) is 0 Å². The van der Waals surface area contributed by atoms with Crippen molar-refractivity contribution in [3.63, 3.8) is 0 Å². The molecule has 2 N–H and O–H groups in total. The Morgan fingerprint density at radius 3 is 2.38 bits per heavy atom. The van der Waals surface area contributed by atoms with Crippen LogP contribution in [0.3, 0.4) is 0 Å². The van der Waals surface area contributed by atoms with Crippen LogP contribution in [-0.4, -0.2) is 33.7 Å². The van der Waals surface area contributed by atoms with E-state index in [-0.39, 0.29) is 12.8 Å². The van der Waals surface area contributed by atoms with Crippen LogP contribution in [0, 0.1) is 0 Å². The van der Waals surface area contributed by atoms with Crippen molar-refractivity contribution >= 4 is 17.9 Å². The van der Waals surface area contributed by atoms with E-state index in [1.165, 1.54) is 0 Å². The molecule has 6 nitrogen and oxygen atoms in total. The Balaban J connectivity index is 2.83. The van der Waals surface area contributed by atoms with Crippen LogP contribution in [0.15, 0.2) is 0 Å². The monoisotopic (exact) mass is 188 g/mol. The molecule has 1 saturated heterocycles. The predicted octanol–water partition coefficient (Wildman–Crippen LogP) is -0.379. The van der Waals surface area contributed by atoms with Crippen LogP contribution in [0.1, 0.15) is 19.3 Å². The zero-order valence-electron chi connectivity index (χ0n) is 6.65. The number of hydrogen-bond acceptors (Lipinski definition) is 4. The number of rotatable bonds is 3. The van der Waals surface area contributed by atoms with E-state index in [0.717, 1.165) is 0 Å². The Bertz CT molecular complexity index is 270. The summed E-state index contributed by atoms with van der Waals surface area (Å²) in [4.78, 5) is 31.6. The van der Waals surface area contributed by atoms with Gasteiger partial charge in [0.2, 0.25) is 5.60 Å². The normalized spacial score (nSPS) is 26.9. The molecular weight excluding hydrogens is 180 g/mol. The predicted molar refractivity (Wildman–Crippen MR) is 37.9 cm³/mol. The summed E-state index contributed by atoms with van der Waals surface area (Å²) in [5, 5.41) is 17.1. The molecule has 0 aliphatic carbocycles. The lowest BCUT2D eigenvalue weighted by Crippen LogP contribution is -2.40. The van der Waals surface area contributed by atoms with Gasteiger partial charge in [0, 0.05) is 12.8 Å². The van der Waals surface area contributed by atoms with Crippen molar-refractivity contribution in [3.8, 4) is 0 Å². The molecule has 0 amide bonds. The number of ether oxygens (including phenoxy) is 1. The molecule has 1 aliphatic rings. The third-order valence-electron chi connectivity index (χ3n) is 1.87. The lowest BCUT2D eigenvalue weighted by Gasteiger charge is -2.19. The molecule has 13 heavy (non-hydrogen) atoms. The third kappa shape index (κ3) is 1.77. The van der Waals surface area contributed by atoms with Crippen LogP contribution < -0.4 is 0 Å². The molecule has 0 saturated carbocycles. The largest absolute Gasteiger partial charge is 0.481 e. The molecule has 72 valence electrons. The molecule has 0 aromatic carbocycles. The van der Waals surface area contributed by atoms with E-state index in [2.05, 4.69) is 4.74 Å². The number of esters is 1. The van der Waals surface area contributed by atoms with Crippen molar-refractivity contribution in [2.24, 2.45) is 0 Å². The molecular formula is C7H8O6. The van der Waals surface area contributed by atoms with Gasteiger partial charge in [0.05, 0.1) is 6.42 Å². The van der Waals surface area contributed by atoms with Gasteiger partial charge < -0.3 is 14.9 Å². The van der Waals surface area contributed by atoms with Gasteiger partial charge in [0.15, 0.2) is 0 Å². The summed E-state index contributed by atoms with van der Waals surface area (Å²) in [5.74, 6) is -3.36. The number of carbonyl (C=O) groups is 3. The summed E-state index contributed by atoms with van der Waals surface area (Å²) in [6, 6.07) is 0. The summed E-state index contributed by atoms with van der Waals surface area (Å²) < 4.78 is 4.50. The minimum absolute atomic E-state index is 0.0421. The zero-order chi connectivity index (χ0) is 10.1. The van der Waals surface area contributed by atoms with E-state index < -0.39 is 29.9 Å². The maximum atomic E-state index is 10.7. The molecule has 1 aliphatic heterocycles. The molecule has 1 fully saturated rings. The Morgan fingerprint density at radius 1 is 1.46 bits per heavy atom. The van der Waals surface area contributed by atoms with Gasteiger partial charge >= 0.3 is 17.9 Å². The van der Waals surface area contributed by atoms with Crippen molar-refractivity contribution in [2.75, 3.05) is 0 Å². The Morgan fingerprint density at radius 2 is 2.08 bits per heavy atom. The molecule has 0 spiro atoms. The Hall–Kier alpha value is -1.59. The number of carboxylic acids is 2. The Labute approximate surface area is 73.1 Å². The fourth-order valence-corrected chi connectivity index (χ4v) is 1.22. The average Bonchev–Trinajstić information content (AvgIpc) is 2.31. The van der Waals surface area contributed by atoms with Gasteiger partial charge in [-0.3, -0.25) is 9.59 Å². The number of hydrogen-bond donors (Lipinski definition) is 2. The number of aliphatic carboxylic acids is 2. The summed E-state index contributed by atoms with van der Waals surface area (Å²) in [7, 11) is 0. The van der Waals surface area contributed by atoms with Gasteiger partial charge in [0.1, 0.15) is 0 Å². The highest BCUT2D eigenvalue weighted by molar-refractivity contribution is 5.89. The molecule has 1 atom stereocenters. The molecule has 0 aromatic heterocycles. The SMILES string of the molecule is O=C(O)C[C@@]1(C(=O)O)CCC(=O)O1. The highest BCUT2D eigenvalue weighted by Gasteiger charge is 2.49. The Kier molecular flexibility index (Phi) is 2.22. The summed E-state index contributed by atoms with van der Waals surface area (Å²) >= 11 is 0. The van der Waals surface area contributed by atoms with Crippen LogP contribution in [0.4, 0.5) is 0 Å². The fraction of sp³-hybridized carbons (Fsp3) is 0.571. The molecule has 0 radical (unpaired) electrons. The van der Waals surface area contributed by atoms with Crippen LogP contribution in [0.25, 0.3) is 0 Å². The first-order valence-corrected chi connectivity index (χ1v) is 3.63. The van der Waals surface area contributed by atoms with Crippen molar-refractivity contribution in [2.45, 2.75) is 24.9 Å². The van der Waals surface area contributed by atoms with Gasteiger partial charge in [-0.05, 0) is 0 Å². The highest BCUT2D eigenvalue weighted by atomic mass is 16.6. The first-order valence-electron chi connectivity index (χ1n) is 3.63. The van der Waals surface area contributed by atoms with E-state index in [9.17, 15) is 14.4 Å². The molecule has 0 aromatic rings. The average molecular weight is 188 g/mol. The van der Waals surface area contributed by atoms with Crippen molar-refractivity contribution in [1.82, 2.24) is 0 Å². The molecule has 1 heterocycles. The fourth-order valence-electron chi connectivity index (χ4n) is 1.22. The van der Waals surface area contributed by atoms with Gasteiger partial charge in [-0.1, -0.05) is 0 Å². The number of cyclic esters (lactones) is 1. The van der Waals surface area contributed by atoms with Gasteiger partial charge in [-0.2, -0.15) is 0 Å². The van der Waals surface area contributed by atoms with Gasteiger partial charge in [0.25, 0.3) is 0 Å². The second-order valence-electron chi connectivity index (χ2n) is 2.84. The minimum atomic E-state index is -1.84. The van der Waals surface area contributed by atoms with Gasteiger partial charge in [-0.25, -0.2) is 4.79 Å². The van der Waals surface area contributed by atoms with Crippen molar-refractivity contribution in [1.29, 1.82) is 0 Å². The summed E-state index contributed by atoms with van der Waals surface area (Å²) in [6.45, 7) is 0. The highest BCUT2D eigenvalue weighted by Crippen LogP contribution is 2.30. The summed E-state index contributed by atoms with van der Waals surface area (Å²) in [5.41, 5.74) is -1.84. The van der Waals surface area contributed by atoms with Crippen LogP contribution in [-0.2, 0) is 19.1 Å². The molecule has 1 rings (SSSR count). The van der Waals surface area contributed by atoms with E-state index in [1.807, 2.05) is 0 Å². The standard InChI is InChI=1S/C7H8O6/c8-4(9)3-7(6(11)12)2-1-5(10)13-7/h1-3H2,(H,8,9)(H,11,12)/t7-/m1/s1.